The zero-order valence-electron chi connectivity index (χ0n) is 15.1. The van der Waals surface area contributed by atoms with E-state index in [2.05, 4.69) is 30.7 Å². The van der Waals surface area contributed by atoms with E-state index in [0.717, 1.165) is 55.3 Å². The molecular formula is C20H23N5O2. The number of pyridine rings is 2. The molecule has 2 aliphatic heterocycles. The molecule has 5 rings (SSSR count). The minimum Gasteiger partial charge on any atom is -0.464 e. The molecule has 2 aliphatic rings. The van der Waals surface area contributed by atoms with E-state index in [4.69, 9.17) is 4.42 Å². The van der Waals surface area contributed by atoms with E-state index >= 15 is 0 Å². The molecule has 7 nitrogen and oxygen atoms in total. The van der Waals surface area contributed by atoms with Gasteiger partial charge in [0.2, 0.25) is 0 Å². The smallest absolute Gasteiger partial charge is 0.139 e. The van der Waals surface area contributed by atoms with Crippen molar-refractivity contribution in [2.45, 2.75) is 12.1 Å². The van der Waals surface area contributed by atoms with E-state index < -0.39 is 0 Å². The molecule has 1 N–H and O–H groups in total. The molecule has 0 radical (unpaired) electrons. The van der Waals surface area contributed by atoms with E-state index in [1.807, 2.05) is 30.5 Å². The molecule has 3 aromatic heterocycles. The summed E-state index contributed by atoms with van der Waals surface area (Å²) in [7, 11) is 0. The van der Waals surface area contributed by atoms with Crippen LogP contribution in [0.3, 0.4) is 0 Å². The van der Waals surface area contributed by atoms with Crippen LogP contribution in [0.1, 0.15) is 0 Å². The maximum atomic E-state index is 10.7. The molecule has 140 valence electrons. The van der Waals surface area contributed by atoms with Crippen molar-refractivity contribution in [3.8, 4) is 0 Å². The lowest BCUT2D eigenvalue weighted by molar-refractivity contribution is 0.0792. The first-order valence-corrected chi connectivity index (χ1v) is 9.45. The predicted molar refractivity (Wildman–Crippen MR) is 104 cm³/mol. The van der Waals surface area contributed by atoms with Crippen molar-refractivity contribution in [2.75, 3.05) is 49.1 Å². The average molecular weight is 365 g/mol. The third kappa shape index (κ3) is 3.02. The first-order chi connectivity index (χ1) is 13.3. The zero-order valence-corrected chi connectivity index (χ0v) is 15.1. The fourth-order valence-corrected chi connectivity index (χ4v) is 4.26. The Balaban J connectivity index is 1.28. The van der Waals surface area contributed by atoms with Gasteiger partial charge in [-0.2, -0.15) is 0 Å². The molecule has 0 saturated carbocycles. The summed E-state index contributed by atoms with van der Waals surface area (Å²) < 4.78 is 5.49. The van der Waals surface area contributed by atoms with Crippen LogP contribution in [0.2, 0.25) is 0 Å². The summed E-state index contributed by atoms with van der Waals surface area (Å²) in [6.45, 7) is 5.08. The van der Waals surface area contributed by atoms with Crippen LogP contribution in [0.4, 0.5) is 11.6 Å². The SMILES string of the molecule is O[C@H]1CN(c2nccc3occc23)C[C@@H]1N1CCN(c2ccccn2)CC1. The first-order valence-electron chi connectivity index (χ1n) is 9.45. The maximum absolute atomic E-state index is 10.7. The van der Waals surface area contributed by atoms with E-state index in [0.29, 0.717) is 6.54 Å². The molecule has 2 saturated heterocycles. The topological polar surface area (TPSA) is 68.9 Å². The van der Waals surface area contributed by atoms with E-state index in [1.54, 1.807) is 12.5 Å². The van der Waals surface area contributed by atoms with Crippen molar-refractivity contribution in [3.63, 3.8) is 0 Å². The molecule has 0 aromatic carbocycles. The number of hydrogen-bond donors (Lipinski definition) is 1. The van der Waals surface area contributed by atoms with Crippen LogP contribution >= 0.6 is 0 Å². The Morgan fingerprint density at radius 2 is 1.81 bits per heavy atom. The zero-order chi connectivity index (χ0) is 18.2. The van der Waals surface area contributed by atoms with Gasteiger partial charge in [-0.1, -0.05) is 6.07 Å². The maximum Gasteiger partial charge on any atom is 0.139 e. The highest BCUT2D eigenvalue weighted by molar-refractivity contribution is 5.88. The van der Waals surface area contributed by atoms with Gasteiger partial charge in [0, 0.05) is 51.7 Å². The number of aliphatic hydroxyl groups is 1. The van der Waals surface area contributed by atoms with Crippen molar-refractivity contribution in [3.05, 3.63) is 49.0 Å². The molecule has 0 spiro atoms. The molecule has 0 unspecified atom stereocenters. The molecule has 0 amide bonds. The Kier molecular flexibility index (Phi) is 4.18. The number of hydrogen-bond acceptors (Lipinski definition) is 7. The molecule has 2 fully saturated rings. The van der Waals surface area contributed by atoms with E-state index in [9.17, 15) is 5.11 Å². The molecule has 2 atom stereocenters. The molecule has 27 heavy (non-hydrogen) atoms. The number of anilines is 2. The molecule has 0 aliphatic carbocycles. The highest BCUT2D eigenvalue weighted by Crippen LogP contribution is 2.29. The van der Waals surface area contributed by atoms with Crippen LogP contribution in [0.5, 0.6) is 0 Å². The van der Waals surface area contributed by atoms with Gasteiger partial charge in [0.25, 0.3) is 0 Å². The minimum absolute atomic E-state index is 0.125. The van der Waals surface area contributed by atoms with Crippen LogP contribution in [-0.2, 0) is 0 Å². The van der Waals surface area contributed by atoms with Gasteiger partial charge in [-0.3, -0.25) is 4.90 Å². The Labute approximate surface area is 157 Å². The second-order valence-electron chi connectivity index (χ2n) is 7.22. The lowest BCUT2D eigenvalue weighted by Gasteiger charge is -2.39. The minimum atomic E-state index is -0.379. The van der Waals surface area contributed by atoms with Gasteiger partial charge < -0.3 is 19.3 Å². The summed E-state index contributed by atoms with van der Waals surface area (Å²) in [5, 5.41) is 11.7. The highest BCUT2D eigenvalue weighted by atomic mass is 16.3. The van der Waals surface area contributed by atoms with Gasteiger partial charge in [-0.05, 0) is 24.3 Å². The number of β-amino-alcohol motifs (C(OH)–C–C–N with tert-alkyl or cyclic N) is 1. The van der Waals surface area contributed by atoms with E-state index in [-0.39, 0.29) is 12.1 Å². The van der Waals surface area contributed by atoms with Gasteiger partial charge >= 0.3 is 0 Å². The molecule has 3 aromatic rings. The second-order valence-corrected chi connectivity index (χ2v) is 7.22. The average Bonchev–Trinajstić information content (AvgIpc) is 3.35. The van der Waals surface area contributed by atoms with Crippen molar-refractivity contribution < 1.29 is 9.52 Å². The quantitative estimate of drug-likeness (QED) is 0.756. The van der Waals surface area contributed by atoms with Gasteiger partial charge in [-0.25, -0.2) is 9.97 Å². The number of nitrogens with zero attached hydrogens (tertiary/aromatic N) is 5. The standard InChI is InChI=1S/C20H23N5O2/c26-17-14-25(20-15-5-12-27-18(15)4-7-22-20)13-16(17)23-8-10-24(11-9-23)19-3-1-2-6-21-19/h1-7,12,16-17,26H,8-11,13-14H2/t16-,17-/m0/s1. The molecule has 5 heterocycles. The molecule has 7 heteroatoms. The van der Waals surface area contributed by atoms with Crippen LogP contribution < -0.4 is 9.80 Å². The highest BCUT2D eigenvalue weighted by Gasteiger charge is 2.38. The largest absolute Gasteiger partial charge is 0.464 e. The number of fused-ring (bicyclic) bond motifs is 1. The van der Waals surface area contributed by atoms with Crippen molar-refractivity contribution in [1.82, 2.24) is 14.9 Å². The van der Waals surface area contributed by atoms with Crippen LogP contribution in [-0.4, -0.2) is 71.4 Å². The molecular weight excluding hydrogens is 342 g/mol. The van der Waals surface area contributed by atoms with Gasteiger partial charge in [-0.15, -0.1) is 0 Å². The lowest BCUT2D eigenvalue weighted by Crippen LogP contribution is -2.54. The Bertz CT molecular complexity index is 907. The number of furan rings is 1. The van der Waals surface area contributed by atoms with Crippen LogP contribution in [0.25, 0.3) is 11.0 Å². The first kappa shape index (κ1) is 16.5. The van der Waals surface area contributed by atoms with Gasteiger partial charge in [0.05, 0.1) is 23.8 Å². The predicted octanol–water partition coefficient (Wildman–Crippen LogP) is 1.59. The van der Waals surface area contributed by atoms with E-state index in [1.165, 1.54) is 0 Å². The third-order valence-electron chi connectivity index (χ3n) is 5.67. The van der Waals surface area contributed by atoms with Crippen molar-refractivity contribution in [2.24, 2.45) is 0 Å². The fourth-order valence-electron chi connectivity index (χ4n) is 4.26. The van der Waals surface area contributed by atoms with Gasteiger partial charge in [0.1, 0.15) is 17.2 Å². The van der Waals surface area contributed by atoms with Crippen LogP contribution in [0, 0.1) is 0 Å². The Hall–Kier alpha value is -2.64. The fraction of sp³-hybridized carbons (Fsp3) is 0.400. The number of piperazine rings is 1. The number of aliphatic hydroxyl groups excluding tert-OH is 1. The summed E-state index contributed by atoms with van der Waals surface area (Å²) in [6, 6.07) is 9.97. The summed E-state index contributed by atoms with van der Waals surface area (Å²) in [6.07, 6.45) is 4.92. The van der Waals surface area contributed by atoms with Crippen molar-refractivity contribution in [1.29, 1.82) is 0 Å². The molecule has 0 bridgehead atoms. The van der Waals surface area contributed by atoms with Crippen molar-refractivity contribution >= 4 is 22.6 Å². The summed E-state index contributed by atoms with van der Waals surface area (Å²) >= 11 is 0. The summed E-state index contributed by atoms with van der Waals surface area (Å²) in [4.78, 5) is 15.9. The van der Waals surface area contributed by atoms with Gasteiger partial charge in [0.15, 0.2) is 0 Å². The summed E-state index contributed by atoms with van der Waals surface area (Å²) in [5.41, 5.74) is 0.835. The Morgan fingerprint density at radius 3 is 2.63 bits per heavy atom. The monoisotopic (exact) mass is 365 g/mol. The normalized spacial score (nSPS) is 24.0. The summed E-state index contributed by atoms with van der Waals surface area (Å²) in [5.74, 6) is 1.93. The second kappa shape index (κ2) is 6.83. The number of rotatable bonds is 3. The van der Waals surface area contributed by atoms with Crippen LogP contribution in [0.15, 0.2) is 53.4 Å². The third-order valence-corrected chi connectivity index (χ3v) is 5.67. The lowest BCUT2D eigenvalue weighted by atomic mass is 10.1. The Morgan fingerprint density at radius 1 is 0.926 bits per heavy atom. The number of aromatic nitrogens is 2.